The van der Waals surface area contributed by atoms with E-state index in [-0.39, 0.29) is 23.3 Å². The van der Waals surface area contributed by atoms with E-state index in [9.17, 15) is 13.8 Å². The maximum Gasteiger partial charge on any atom is 0.258 e. The Hall–Kier alpha value is -2.08. The third-order valence-corrected chi connectivity index (χ3v) is 2.35. The minimum Gasteiger partial charge on any atom is -0.269 e. The van der Waals surface area contributed by atoms with E-state index in [0.717, 1.165) is 4.90 Å². The number of hydrogen-bond acceptors (Lipinski definition) is 4. The Morgan fingerprint density at radius 1 is 1.00 bits per heavy atom. The van der Waals surface area contributed by atoms with E-state index in [1.807, 2.05) is 0 Å². The van der Waals surface area contributed by atoms with Crippen molar-refractivity contribution >= 4 is 34.7 Å². The number of benzene rings is 1. The number of nitrogens with zero attached hydrogens (tertiary/aromatic N) is 2. The third-order valence-electron chi connectivity index (χ3n) is 2.06. The van der Waals surface area contributed by atoms with Crippen LogP contribution in [0.25, 0.3) is 0 Å². The van der Waals surface area contributed by atoms with Gasteiger partial charge in [0.25, 0.3) is 11.8 Å². The Balaban J connectivity index is 2.32. The fourth-order valence-corrected chi connectivity index (χ4v) is 1.57. The van der Waals surface area contributed by atoms with E-state index in [4.69, 9.17) is 0 Å². The molecular formula is C10H6N2O3S. The van der Waals surface area contributed by atoms with Crippen molar-refractivity contribution < 1.29 is 13.8 Å². The number of amides is 2. The average molecular weight is 234 g/mol. The van der Waals surface area contributed by atoms with Crippen LogP contribution in [0.15, 0.2) is 40.8 Å². The van der Waals surface area contributed by atoms with Crippen molar-refractivity contribution in [2.75, 3.05) is 4.90 Å². The van der Waals surface area contributed by atoms with Gasteiger partial charge in [-0.2, -0.15) is 8.57 Å². The number of imide groups is 1. The van der Waals surface area contributed by atoms with Gasteiger partial charge in [0.15, 0.2) is 0 Å². The quantitative estimate of drug-likeness (QED) is 0.721. The lowest BCUT2D eigenvalue weighted by Crippen LogP contribution is -2.29. The molecule has 0 unspecified atom stereocenters. The van der Waals surface area contributed by atoms with Gasteiger partial charge in [0.2, 0.25) is 11.5 Å². The number of rotatable bonds is 2. The van der Waals surface area contributed by atoms with E-state index in [2.05, 4.69) is 4.36 Å². The van der Waals surface area contributed by atoms with Gasteiger partial charge in [0.1, 0.15) is 0 Å². The summed E-state index contributed by atoms with van der Waals surface area (Å²) in [6.07, 6.45) is 2.43. The van der Waals surface area contributed by atoms with Crippen LogP contribution in [0.4, 0.5) is 11.4 Å². The fraction of sp³-hybridized carbons (Fsp3) is 0. The summed E-state index contributed by atoms with van der Waals surface area (Å²) in [4.78, 5) is 23.7. The second kappa shape index (κ2) is 4.19. The second-order valence-corrected chi connectivity index (χ2v) is 3.36. The molecule has 1 aromatic carbocycles. The zero-order valence-electron chi connectivity index (χ0n) is 7.99. The van der Waals surface area contributed by atoms with Gasteiger partial charge in [-0.05, 0) is 24.3 Å². The first-order valence-corrected chi connectivity index (χ1v) is 5.08. The molecule has 0 spiro atoms. The fourth-order valence-electron chi connectivity index (χ4n) is 1.36. The lowest BCUT2D eigenvalue weighted by molar-refractivity contribution is -0.119. The molecule has 16 heavy (non-hydrogen) atoms. The molecule has 2 amide bonds. The molecule has 1 aliphatic heterocycles. The summed E-state index contributed by atoms with van der Waals surface area (Å²) in [5.41, 5.74) is 0.964. The molecule has 1 aliphatic rings. The van der Waals surface area contributed by atoms with Gasteiger partial charge in [-0.3, -0.25) is 9.59 Å². The second-order valence-electron chi connectivity index (χ2n) is 3.03. The maximum absolute atomic E-state index is 11.3. The van der Waals surface area contributed by atoms with Crippen LogP contribution in [0.2, 0.25) is 0 Å². The molecule has 0 saturated carbocycles. The van der Waals surface area contributed by atoms with E-state index in [1.54, 1.807) is 24.3 Å². The van der Waals surface area contributed by atoms with Crippen LogP contribution in [0.5, 0.6) is 0 Å². The predicted octanol–water partition coefficient (Wildman–Crippen LogP) is 1.14. The van der Waals surface area contributed by atoms with Gasteiger partial charge in [-0.15, -0.1) is 0 Å². The van der Waals surface area contributed by atoms with Crippen molar-refractivity contribution in [1.82, 2.24) is 0 Å². The van der Waals surface area contributed by atoms with Gasteiger partial charge >= 0.3 is 0 Å². The number of anilines is 1. The maximum atomic E-state index is 11.3. The van der Waals surface area contributed by atoms with Gasteiger partial charge in [0, 0.05) is 12.2 Å². The monoisotopic (exact) mass is 234 g/mol. The Bertz CT molecular complexity index is 512. The molecule has 0 radical (unpaired) electrons. The van der Waals surface area contributed by atoms with Gasteiger partial charge in [-0.1, -0.05) is 0 Å². The zero-order chi connectivity index (χ0) is 11.5. The van der Waals surface area contributed by atoms with Crippen LogP contribution in [0, 0.1) is 0 Å². The van der Waals surface area contributed by atoms with Gasteiger partial charge < -0.3 is 0 Å². The molecule has 1 aromatic rings. The lowest BCUT2D eigenvalue weighted by Gasteiger charge is -2.13. The van der Waals surface area contributed by atoms with E-state index in [0.29, 0.717) is 11.4 Å². The van der Waals surface area contributed by atoms with Crippen molar-refractivity contribution in [1.29, 1.82) is 0 Å². The number of hydrogen-bond donors (Lipinski definition) is 0. The van der Waals surface area contributed by atoms with Crippen molar-refractivity contribution in [3.8, 4) is 0 Å². The number of carbonyl (C=O) groups excluding carboxylic acids is 2. The Morgan fingerprint density at radius 3 is 2.06 bits per heavy atom. The Morgan fingerprint density at radius 2 is 1.56 bits per heavy atom. The van der Waals surface area contributed by atoms with Crippen LogP contribution in [0.1, 0.15) is 0 Å². The molecule has 6 heteroatoms. The van der Waals surface area contributed by atoms with Crippen molar-refractivity contribution in [2.24, 2.45) is 4.36 Å². The minimum absolute atomic E-state index is 0.109. The molecular weight excluding hydrogens is 228 g/mol. The van der Waals surface area contributed by atoms with E-state index in [1.165, 1.54) is 12.2 Å². The molecule has 0 N–H and O–H groups in total. The molecule has 0 aliphatic carbocycles. The highest BCUT2D eigenvalue weighted by atomic mass is 32.1. The third kappa shape index (κ3) is 1.82. The largest absolute Gasteiger partial charge is 0.269 e. The number of carbonyl (C=O) groups is 2. The van der Waals surface area contributed by atoms with Crippen molar-refractivity contribution in [3.05, 3.63) is 36.4 Å². The smallest absolute Gasteiger partial charge is 0.258 e. The highest BCUT2D eigenvalue weighted by molar-refractivity contribution is 7.54. The molecule has 1 heterocycles. The first kappa shape index (κ1) is 10.4. The summed E-state index contributed by atoms with van der Waals surface area (Å²) in [5.74, 6) is -0.735. The van der Waals surface area contributed by atoms with Crippen LogP contribution < -0.4 is 4.90 Å². The average Bonchev–Trinajstić information content (AvgIpc) is 2.61. The summed E-state index contributed by atoms with van der Waals surface area (Å²) < 4.78 is 13.7. The molecule has 80 valence electrons. The molecule has 0 atom stereocenters. The van der Waals surface area contributed by atoms with Crippen molar-refractivity contribution in [3.63, 3.8) is 0 Å². The van der Waals surface area contributed by atoms with Crippen LogP contribution in [0.3, 0.4) is 0 Å². The van der Waals surface area contributed by atoms with E-state index >= 15 is 0 Å². The summed E-state index contributed by atoms with van der Waals surface area (Å²) in [7, 11) is 0. The molecule has 0 bridgehead atoms. The normalized spacial score (nSPS) is 14.4. The van der Waals surface area contributed by atoms with Crippen LogP contribution in [-0.4, -0.2) is 16.0 Å². The summed E-state index contributed by atoms with van der Waals surface area (Å²) in [6, 6.07) is 6.27. The first-order chi connectivity index (χ1) is 7.72. The topological polar surface area (TPSA) is 66.8 Å². The molecule has 0 fully saturated rings. The summed E-state index contributed by atoms with van der Waals surface area (Å²) >= 11 is 0.109. The minimum atomic E-state index is -0.368. The highest BCUT2D eigenvalue weighted by Gasteiger charge is 2.24. The molecule has 0 saturated heterocycles. The molecule has 5 nitrogen and oxygen atoms in total. The SMILES string of the molecule is O=S=Nc1ccc(N2C(=O)C=CC2=O)cc1. The Kier molecular flexibility index (Phi) is 2.74. The van der Waals surface area contributed by atoms with Crippen LogP contribution >= 0.6 is 0 Å². The standard InChI is InChI=1S/C10H6N2O3S/c13-9-5-6-10(14)12(9)8-3-1-7(2-4-8)11-16-15/h1-6H. The highest BCUT2D eigenvalue weighted by Crippen LogP contribution is 2.22. The Labute approximate surface area is 94.6 Å². The summed E-state index contributed by atoms with van der Waals surface area (Å²) in [6.45, 7) is 0. The first-order valence-electron chi connectivity index (χ1n) is 4.38. The zero-order valence-corrected chi connectivity index (χ0v) is 8.81. The molecule has 0 aromatic heterocycles. The summed E-state index contributed by atoms with van der Waals surface area (Å²) in [5, 5.41) is 0. The lowest BCUT2D eigenvalue weighted by atomic mass is 10.2. The van der Waals surface area contributed by atoms with Gasteiger partial charge in [-0.25, -0.2) is 4.90 Å². The van der Waals surface area contributed by atoms with Crippen LogP contribution in [-0.2, 0) is 21.1 Å². The van der Waals surface area contributed by atoms with E-state index < -0.39 is 0 Å². The molecule has 2 rings (SSSR count). The van der Waals surface area contributed by atoms with Crippen molar-refractivity contribution in [2.45, 2.75) is 0 Å². The predicted molar refractivity (Wildman–Crippen MR) is 58.3 cm³/mol. The van der Waals surface area contributed by atoms with Gasteiger partial charge in [0.05, 0.1) is 11.4 Å².